The summed E-state index contributed by atoms with van der Waals surface area (Å²) in [6, 6.07) is 3.62. The van der Waals surface area contributed by atoms with E-state index in [2.05, 4.69) is 5.32 Å². The van der Waals surface area contributed by atoms with Gasteiger partial charge in [-0.15, -0.1) is 0 Å². The number of rotatable bonds is 4. The fourth-order valence-electron chi connectivity index (χ4n) is 1.94. The van der Waals surface area contributed by atoms with Gasteiger partial charge in [0.1, 0.15) is 11.4 Å². The zero-order chi connectivity index (χ0) is 12.4. The maximum Gasteiger partial charge on any atom is 0.278 e. The lowest BCUT2D eigenvalue weighted by atomic mass is 10.0. The largest absolute Gasteiger partial charge is 0.431 e. The first-order valence-electron chi connectivity index (χ1n) is 5.68. The van der Waals surface area contributed by atoms with E-state index in [0.717, 1.165) is 6.42 Å². The van der Waals surface area contributed by atoms with Crippen molar-refractivity contribution in [2.75, 3.05) is 7.05 Å². The number of halogens is 2. The van der Waals surface area contributed by atoms with Gasteiger partial charge < -0.3 is 9.73 Å². The van der Waals surface area contributed by atoms with Crippen LogP contribution in [0.1, 0.15) is 18.9 Å². The molecule has 1 N–H and O–H groups in total. The van der Waals surface area contributed by atoms with E-state index in [-0.39, 0.29) is 11.9 Å². The average molecular weight is 239 g/mol. The predicted molar refractivity (Wildman–Crippen MR) is 63.0 cm³/mol. The van der Waals surface area contributed by atoms with Crippen LogP contribution < -0.4 is 5.32 Å². The molecule has 0 radical (unpaired) electrons. The van der Waals surface area contributed by atoms with Gasteiger partial charge in [0.2, 0.25) is 0 Å². The highest BCUT2D eigenvalue weighted by Gasteiger charge is 2.12. The van der Waals surface area contributed by atoms with Gasteiger partial charge in [-0.1, -0.05) is 6.92 Å². The zero-order valence-electron chi connectivity index (χ0n) is 9.89. The topological polar surface area (TPSA) is 25.2 Å². The number of hydrogen-bond acceptors (Lipinski definition) is 2. The number of nitrogens with one attached hydrogen (secondary N) is 1. The minimum Gasteiger partial charge on any atom is -0.431 e. The Hall–Kier alpha value is -1.42. The minimum absolute atomic E-state index is 0.210. The highest BCUT2D eigenvalue weighted by Crippen LogP contribution is 2.23. The first kappa shape index (κ1) is 12.0. The van der Waals surface area contributed by atoms with Gasteiger partial charge in [0.15, 0.2) is 0 Å². The Morgan fingerprint density at radius 2 is 2.06 bits per heavy atom. The fourth-order valence-corrected chi connectivity index (χ4v) is 1.94. The fraction of sp³-hybridized carbons (Fsp3) is 0.385. The van der Waals surface area contributed by atoms with E-state index in [1.54, 1.807) is 6.07 Å². The van der Waals surface area contributed by atoms with Crippen LogP contribution in [0, 0.1) is 11.8 Å². The van der Waals surface area contributed by atoms with E-state index < -0.39 is 6.01 Å². The van der Waals surface area contributed by atoms with Crippen LogP contribution in [0.4, 0.5) is 8.78 Å². The molecule has 0 aliphatic rings. The van der Waals surface area contributed by atoms with Gasteiger partial charge >= 0.3 is 0 Å². The number of furan rings is 1. The Bertz CT molecular complexity index is 517. The monoisotopic (exact) mass is 239 g/mol. The van der Waals surface area contributed by atoms with E-state index in [0.29, 0.717) is 23.0 Å². The summed E-state index contributed by atoms with van der Waals surface area (Å²) in [4.78, 5) is 0. The summed E-state index contributed by atoms with van der Waals surface area (Å²) in [5, 5.41) is 3.57. The number of hydrogen-bond donors (Lipinski definition) is 1. The van der Waals surface area contributed by atoms with Crippen molar-refractivity contribution in [2.24, 2.45) is 0 Å². The van der Waals surface area contributed by atoms with Gasteiger partial charge in [-0.05, 0) is 37.6 Å². The third-order valence-electron chi connectivity index (χ3n) is 3.02. The molecule has 17 heavy (non-hydrogen) atoms. The molecule has 2 aromatic rings. The molecule has 0 aliphatic carbocycles. The van der Waals surface area contributed by atoms with E-state index in [9.17, 15) is 8.78 Å². The Morgan fingerprint density at radius 3 is 2.71 bits per heavy atom. The van der Waals surface area contributed by atoms with Crippen molar-refractivity contribution >= 4 is 11.0 Å². The van der Waals surface area contributed by atoms with Crippen LogP contribution in [0.2, 0.25) is 0 Å². The third kappa shape index (κ3) is 2.47. The molecule has 2 rings (SSSR count). The van der Waals surface area contributed by atoms with Gasteiger partial charge in [0.25, 0.3) is 6.01 Å². The highest BCUT2D eigenvalue weighted by molar-refractivity contribution is 5.78. The Balaban J connectivity index is 2.36. The van der Waals surface area contributed by atoms with Crippen molar-refractivity contribution in [3.8, 4) is 0 Å². The van der Waals surface area contributed by atoms with Gasteiger partial charge in [-0.25, -0.2) is 4.39 Å². The Kier molecular flexibility index (Phi) is 3.43. The highest BCUT2D eigenvalue weighted by atomic mass is 19.1. The molecule has 92 valence electrons. The number of fused-ring (bicyclic) bond motifs is 1. The van der Waals surface area contributed by atoms with E-state index >= 15 is 0 Å². The van der Waals surface area contributed by atoms with Crippen LogP contribution in [-0.4, -0.2) is 13.1 Å². The van der Waals surface area contributed by atoms with Gasteiger partial charge in [-0.3, -0.25) is 0 Å². The number of benzene rings is 1. The Morgan fingerprint density at radius 1 is 1.29 bits per heavy atom. The summed E-state index contributed by atoms with van der Waals surface area (Å²) < 4.78 is 31.5. The van der Waals surface area contributed by atoms with E-state index in [4.69, 9.17) is 4.42 Å². The predicted octanol–water partition coefficient (Wildman–Crippen LogP) is 3.25. The molecule has 2 nitrogen and oxygen atoms in total. The quantitative estimate of drug-likeness (QED) is 0.886. The lowest BCUT2D eigenvalue weighted by Gasteiger charge is -2.14. The Labute approximate surface area is 98.6 Å². The van der Waals surface area contributed by atoms with Crippen molar-refractivity contribution in [3.05, 3.63) is 35.6 Å². The van der Waals surface area contributed by atoms with Crippen LogP contribution in [0.25, 0.3) is 11.0 Å². The molecule has 1 aromatic carbocycles. The second-order valence-corrected chi connectivity index (χ2v) is 4.13. The minimum atomic E-state index is -0.683. The van der Waals surface area contributed by atoms with Gasteiger partial charge in [-0.2, -0.15) is 4.39 Å². The average Bonchev–Trinajstić information content (AvgIpc) is 2.65. The van der Waals surface area contributed by atoms with Crippen molar-refractivity contribution in [1.82, 2.24) is 5.32 Å². The molecule has 4 heteroatoms. The lowest BCUT2D eigenvalue weighted by Crippen LogP contribution is -2.26. The normalized spacial score (nSPS) is 13.2. The molecule has 0 spiro atoms. The summed E-state index contributed by atoms with van der Waals surface area (Å²) in [6.07, 6.45) is 1.47. The third-order valence-corrected chi connectivity index (χ3v) is 3.02. The first-order chi connectivity index (χ1) is 8.13. The first-order valence-corrected chi connectivity index (χ1v) is 5.68. The zero-order valence-corrected chi connectivity index (χ0v) is 9.89. The molecule has 1 heterocycles. The van der Waals surface area contributed by atoms with Crippen molar-refractivity contribution < 1.29 is 13.2 Å². The molecule has 0 fully saturated rings. The lowest BCUT2D eigenvalue weighted by molar-refractivity contribution is 0.380. The SMILES string of the molecule is CC[C@@H](Cc1cc2oc(F)cc2cc1F)NC. The van der Waals surface area contributed by atoms with Crippen LogP contribution >= 0.6 is 0 Å². The molecule has 1 atom stereocenters. The van der Waals surface area contributed by atoms with Crippen molar-refractivity contribution in [1.29, 1.82) is 0 Å². The van der Waals surface area contributed by atoms with Gasteiger partial charge in [0.05, 0.1) is 0 Å². The van der Waals surface area contributed by atoms with Crippen molar-refractivity contribution in [2.45, 2.75) is 25.8 Å². The molecule has 0 aliphatic heterocycles. The molecular weight excluding hydrogens is 224 g/mol. The molecule has 0 amide bonds. The van der Waals surface area contributed by atoms with Crippen LogP contribution in [0.15, 0.2) is 22.6 Å². The smallest absolute Gasteiger partial charge is 0.278 e. The second-order valence-electron chi connectivity index (χ2n) is 4.13. The number of likely N-dealkylation sites (N-methyl/N-ethyl adjacent to an activating group) is 1. The van der Waals surface area contributed by atoms with Crippen LogP contribution in [0.5, 0.6) is 0 Å². The maximum atomic E-state index is 13.8. The van der Waals surface area contributed by atoms with Crippen LogP contribution in [-0.2, 0) is 6.42 Å². The van der Waals surface area contributed by atoms with Crippen LogP contribution in [0.3, 0.4) is 0 Å². The summed E-state index contributed by atoms with van der Waals surface area (Å²) in [7, 11) is 1.84. The second kappa shape index (κ2) is 4.84. The molecule has 0 bridgehead atoms. The molecule has 0 unspecified atom stereocenters. The molecule has 1 aromatic heterocycles. The van der Waals surface area contributed by atoms with E-state index in [1.807, 2.05) is 14.0 Å². The molecule has 0 saturated heterocycles. The standard InChI is InChI=1S/C13H15F2NO/c1-3-10(16-2)4-8-6-12-9(5-11(8)14)7-13(15)17-12/h5-7,10,16H,3-4H2,1-2H3/t10-/m0/s1. The summed E-state index contributed by atoms with van der Waals surface area (Å²) in [5.74, 6) is -0.313. The van der Waals surface area contributed by atoms with E-state index in [1.165, 1.54) is 12.1 Å². The summed E-state index contributed by atoms with van der Waals surface area (Å²) in [6.45, 7) is 2.03. The summed E-state index contributed by atoms with van der Waals surface area (Å²) in [5.41, 5.74) is 0.943. The molecule has 0 saturated carbocycles. The molecular formula is C13H15F2NO. The van der Waals surface area contributed by atoms with Gasteiger partial charge in [0, 0.05) is 17.5 Å². The van der Waals surface area contributed by atoms with Crippen molar-refractivity contribution in [3.63, 3.8) is 0 Å². The summed E-state index contributed by atoms with van der Waals surface area (Å²) >= 11 is 0. The maximum absolute atomic E-state index is 13.8.